The van der Waals surface area contributed by atoms with Crippen molar-refractivity contribution >= 4 is 12.0 Å². The van der Waals surface area contributed by atoms with Gasteiger partial charge in [-0.3, -0.25) is 0 Å². The van der Waals surface area contributed by atoms with Crippen LogP contribution in [-0.4, -0.2) is 22.1 Å². The van der Waals surface area contributed by atoms with E-state index in [9.17, 15) is 4.79 Å². The molecule has 5 heteroatoms. The lowest BCUT2D eigenvalue weighted by molar-refractivity contribution is 0.0690. The summed E-state index contributed by atoms with van der Waals surface area (Å²) >= 11 is 0. The van der Waals surface area contributed by atoms with E-state index in [2.05, 4.69) is 10.3 Å². The van der Waals surface area contributed by atoms with E-state index in [4.69, 9.17) is 9.52 Å². The van der Waals surface area contributed by atoms with Crippen molar-refractivity contribution in [1.29, 1.82) is 0 Å². The van der Waals surface area contributed by atoms with Crippen molar-refractivity contribution in [3.63, 3.8) is 0 Å². The average Bonchev–Trinajstić information content (AvgIpc) is 2.82. The quantitative estimate of drug-likeness (QED) is 0.777. The van der Waals surface area contributed by atoms with Crippen molar-refractivity contribution in [2.24, 2.45) is 5.92 Å². The standard InChI is InChI=1S/C10H14N2O3/c1-6(4-7-2-3-7)11-10-12-8(5-15-10)9(13)14/h5-7H,2-4H2,1H3,(H,11,12)(H,13,14). The Labute approximate surface area is 87.5 Å². The Hall–Kier alpha value is -1.52. The SMILES string of the molecule is CC(CC1CC1)Nc1nc(C(=O)O)co1. The lowest BCUT2D eigenvalue weighted by Gasteiger charge is -2.10. The Bertz CT molecular complexity index is 357. The molecule has 0 aromatic carbocycles. The Morgan fingerprint density at radius 1 is 1.80 bits per heavy atom. The van der Waals surface area contributed by atoms with Crippen LogP contribution in [0.1, 0.15) is 36.7 Å². The second-order valence-corrected chi connectivity index (χ2v) is 4.07. The molecule has 1 heterocycles. The molecule has 1 aliphatic rings. The fraction of sp³-hybridized carbons (Fsp3) is 0.600. The second kappa shape index (κ2) is 3.92. The first-order chi connectivity index (χ1) is 7.15. The van der Waals surface area contributed by atoms with Gasteiger partial charge in [-0.25, -0.2) is 4.79 Å². The summed E-state index contributed by atoms with van der Waals surface area (Å²) in [5, 5.41) is 11.7. The Morgan fingerprint density at radius 2 is 2.53 bits per heavy atom. The van der Waals surface area contributed by atoms with Crippen LogP contribution in [0.5, 0.6) is 0 Å². The molecule has 0 amide bonds. The van der Waals surface area contributed by atoms with Gasteiger partial charge < -0.3 is 14.8 Å². The molecule has 1 aromatic heterocycles. The lowest BCUT2D eigenvalue weighted by Crippen LogP contribution is -2.16. The molecule has 0 spiro atoms. The predicted molar refractivity (Wildman–Crippen MR) is 53.9 cm³/mol. The van der Waals surface area contributed by atoms with E-state index >= 15 is 0 Å². The van der Waals surface area contributed by atoms with E-state index in [1.165, 1.54) is 12.8 Å². The number of aromatic carboxylic acids is 1. The third-order valence-corrected chi connectivity index (χ3v) is 2.48. The number of hydrogen-bond donors (Lipinski definition) is 2. The van der Waals surface area contributed by atoms with Gasteiger partial charge in [0.2, 0.25) is 0 Å². The highest BCUT2D eigenvalue weighted by Crippen LogP contribution is 2.33. The van der Waals surface area contributed by atoms with E-state index in [1.54, 1.807) is 0 Å². The summed E-state index contributed by atoms with van der Waals surface area (Å²) in [6.45, 7) is 2.04. The number of carbonyl (C=O) groups is 1. The Kier molecular flexibility index (Phi) is 2.62. The summed E-state index contributed by atoms with van der Waals surface area (Å²) in [6, 6.07) is 0.568. The molecule has 0 saturated heterocycles. The number of nitrogens with one attached hydrogen (secondary N) is 1. The first-order valence-electron chi connectivity index (χ1n) is 5.10. The van der Waals surface area contributed by atoms with E-state index in [0.717, 1.165) is 18.6 Å². The van der Waals surface area contributed by atoms with Crippen molar-refractivity contribution in [3.8, 4) is 0 Å². The van der Waals surface area contributed by atoms with Crippen LogP contribution < -0.4 is 5.32 Å². The molecule has 5 nitrogen and oxygen atoms in total. The third kappa shape index (κ3) is 2.71. The molecular formula is C10H14N2O3. The van der Waals surface area contributed by atoms with Crippen LogP contribution in [-0.2, 0) is 0 Å². The average molecular weight is 210 g/mol. The van der Waals surface area contributed by atoms with Gasteiger partial charge in [0.15, 0.2) is 5.69 Å². The fourth-order valence-corrected chi connectivity index (χ4v) is 1.56. The van der Waals surface area contributed by atoms with Crippen LogP contribution in [0, 0.1) is 5.92 Å². The highest BCUT2D eigenvalue weighted by Gasteiger charge is 2.24. The molecule has 2 N–H and O–H groups in total. The van der Waals surface area contributed by atoms with Crippen LogP contribution in [0.15, 0.2) is 10.7 Å². The summed E-state index contributed by atoms with van der Waals surface area (Å²) in [4.78, 5) is 14.3. The van der Waals surface area contributed by atoms with Crippen LogP contribution in [0.2, 0.25) is 0 Å². The summed E-state index contributed by atoms with van der Waals surface area (Å²) in [7, 11) is 0. The maximum Gasteiger partial charge on any atom is 0.357 e. The molecule has 0 radical (unpaired) electrons. The zero-order chi connectivity index (χ0) is 10.8. The molecule has 1 saturated carbocycles. The number of anilines is 1. The van der Waals surface area contributed by atoms with Crippen molar-refractivity contribution in [2.75, 3.05) is 5.32 Å². The molecule has 0 bridgehead atoms. The zero-order valence-electron chi connectivity index (χ0n) is 8.56. The lowest BCUT2D eigenvalue weighted by atomic mass is 10.2. The van der Waals surface area contributed by atoms with Crippen LogP contribution in [0.3, 0.4) is 0 Å². The minimum Gasteiger partial charge on any atom is -0.476 e. The van der Waals surface area contributed by atoms with Gasteiger partial charge in [-0.1, -0.05) is 12.8 Å². The molecule has 1 aromatic rings. The van der Waals surface area contributed by atoms with Gasteiger partial charge in [-0.2, -0.15) is 4.98 Å². The highest BCUT2D eigenvalue weighted by atomic mass is 16.4. The van der Waals surface area contributed by atoms with Crippen molar-refractivity contribution in [3.05, 3.63) is 12.0 Å². The predicted octanol–water partition coefficient (Wildman–Crippen LogP) is 1.97. The normalized spacial score (nSPS) is 17.4. The van der Waals surface area contributed by atoms with E-state index < -0.39 is 5.97 Å². The number of hydrogen-bond acceptors (Lipinski definition) is 4. The molecule has 1 unspecified atom stereocenters. The third-order valence-electron chi connectivity index (χ3n) is 2.48. The summed E-state index contributed by atoms with van der Waals surface area (Å²) in [6.07, 6.45) is 4.84. The smallest absolute Gasteiger partial charge is 0.357 e. The van der Waals surface area contributed by atoms with Crippen molar-refractivity contribution < 1.29 is 14.3 Å². The fourth-order valence-electron chi connectivity index (χ4n) is 1.56. The van der Waals surface area contributed by atoms with Gasteiger partial charge in [0.25, 0.3) is 6.01 Å². The molecule has 1 fully saturated rings. The number of aromatic nitrogens is 1. The minimum absolute atomic E-state index is 0.0591. The molecule has 82 valence electrons. The maximum atomic E-state index is 10.5. The topological polar surface area (TPSA) is 75.4 Å². The number of oxazole rings is 1. The number of carboxylic acid groups (broad SMARTS) is 1. The van der Waals surface area contributed by atoms with Crippen LogP contribution in [0.25, 0.3) is 0 Å². The molecule has 2 rings (SSSR count). The second-order valence-electron chi connectivity index (χ2n) is 4.07. The molecule has 0 aliphatic heterocycles. The van der Waals surface area contributed by atoms with Crippen LogP contribution >= 0.6 is 0 Å². The maximum absolute atomic E-state index is 10.5. The van der Waals surface area contributed by atoms with Crippen LogP contribution in [0.4, 0.5) is 6.01 Å². The minimum atomic E-state index is -1.07. The first-order valence-corrected chi connectivity index (χ1v) is 5.10. The van der Waals surface area contributed by atoms with E-state index in [-0.39, 0.29) is 11.7 Å². The van der Waals surface area contributed by atoms with Gasteiger partial charge in [0.05, 0.1) is 0 Å². The molecule has 15 heavy (non-hydrogen) atoms. The van der Waals surface area contributed by atoms with Gasteiger partial charge in [0.1, 0.15) is 6.26 Å². The zero-order valence-corrected chi connectivity index (χ0v) is 8.56. The first kappa shape index (κ1) is 10.0. The van der Waals surface area contributed by atoms with E-state index in [1.807, 2.05) is 6.92 Å². The van der Waals surface area contributed by atoms with E-state index in [0.29, 0.717) is 6.01 Å². The van der Waals surface area contributed by atoms with Crippen molar-refractivity contribution in [2.45, 2.75) is 32.2 Å². The number of carboxylic acids is 1. The summed E-state index contributed by atoms with van der Waals surface area (Å²) in [5.41, 5.74) is -0.0591. The monoisotopic (exact) mass is 210 g/mol. The largest absolute Gasteiger partial charge is 0.476 e. The number of nitrogens with zero attached hydrogens (tertiary/aromatic N) is 1. The van der Waals surface area contributed by atoms with Gasteiger partial charge in [0, 0.05) is 6.04 Å². The summed E-state index contributed by atoms with van der Waals surface area (Å²) < 4.78 is 5.00. The highest BCUT2D eigenvalue weighted by molar-refractivity contribution is 5.85. The Balaban J connectivity index is 1.88. The van der Waals surface area contributed by atoms with Crippen molar-refractivity contribution in [1.82, 2.24) is 4.98 Å². The summed E-state index contributed by atoms with van der Waals surface area (Å²) in [5.74, 6) is -0.247. The van der Waals surface area contributed by atoms with Gasteiger partial charge in [-0.15, -0.1) is 0 Å². The van der Waals surface area contributed by atoms with Gasteiger partial charge in [-0.05, 0) is 19.3 Å². The van der Waals surface area contributed by atoms with Gasteiger partial charge >= 0.3 is 5.97 Å². The Morgan fingerprint density at radius 3 is 3.07 bits per heavy atom. The molecule has 1 atom stereocenters. The molecule has 1 aliphatic carbocycles. The number of rotatable bonds is 5. The molecular weight excluding hydrogens is 196 g/mol.